The molecule has 3 heteroatoms. The molecule has 0 saturated carbocycles. The van der Waals surface area contributed by atoms with Crippen molar-refractivity contribution in [1.82, 2.24) is 9.55 Å². The van der Waals surface area contributed by atoms with E-state index in [9.17, 15) is 0 Å². The van der Waals surface area contributed by atoms with Crippen LogP contribution in [0.1, 0.15) is 31.9 Å². The van der Waals surface area contributed by atoms with E-state index in [0.29, 0.717) is 0 Å². The van der Waals surface area contributed by atoms with Crippen molar-refractivity contribution in [3.05, 3.63) is 60.2 Å². The second kappa shape index (κ2) is 6.00. The molecule has 3 aromatic rings. The zero-order valence-electron chi connectivity index (χ0n) is 12.6. The third-order valence-corrected chi connectivity index (χ3v) is 3.80. The molecular weight excluding hydrogens is 258 g/mol. The number of para-hydroxylation sites is 2. The van der Waals surface area contributed by atoms with Gasteiger partial charge in [0.2, 0.25) is 5.95 Å². The topological polar surface area (TPSA) is 29.9 Å². The minimum absolute atomic E-state index is 0.248. The van der Waals surface area contributed by atoms with Crippen LogP contribution in [0.5, 0.6) is 0 Å². The standard InChI is InChI=1S/C18H21N3/c1-3-13-19-18-20-16-11-7-8-12-17(16)21(18)14(2)15-9-5-4-6-10-15/h4-12,14H,3,13H2,1-2H3,(H,19,20). The Bertz CT molecular complexity index is 716. The average Bonchev–Trinajstić information content (AvgIpc) is 2.91. The normalized spacial score (nSPS) is 12.5. The maximum atomic E-state index is 4.75. The van der Waals surface area contributed by atoms with Crippen molar-refractivity contribution in [3.63, 3.8) is 0 Å². The smallest absolute Gasteiger partial charge is 0.204 e. The third-order valence-electron chi connectivity index (χ3n) is 3.80. The number of anilines is 1. The first-order valence-electron chi connectivity index (χ1n) is 7.57. The molecular formula is C18H21N3. The first-order chi connectivity index (χ1) is 10.3. The first-order valence-corrected chi connectivity index (χ1v) is 7.57. The Morgan fingerprint density at radius 3 is 2.52 bits per heavy atom. The molecule has 2 aromatic carbocycles. The highest BCUT2D eigenvalue weighted by Crippen LogP contribution is 2.28. The van der Waals surface area contributed by atoms with Crippen molar-refractivity contribution in [2.45, 2.75) is 26.3 Å². The van der Waals surface area contributed by atoms with Crippen LogP contribution in [0.25, 0.3) is 11.0 Å². The van der Waals surface area contributed by atoms with Gasteiger partial charge in [-0.3, -0.25) is 0 Å². The van der Waals surface area contributed by atoms with Gasteiger partial charge in [-0.1, -0.05) is 49.4 Å². The van der Waals surface area contributed by atoms with E-state index in [1.807, 2.05) is 6.07 Å². The summed E-state index contributed by atoms with van der Waals surface area (Å²) in [5.41, 5.74) is 3.51. The third kappa shape index (κ3) is 2.64. The predicted molar refractivity (Wildman–Crippen MR) is 88.8 cm³/mol. The number of aromatic nitrogens is 2. The molecule has 0 aliphatic heterocycles. The van der Waals surface area contributed by atoms with E-state index in [2.05, 4.69) is 72.3 Å². The lowest BCUT2D eigenvalue weighted by Crippen LogP contribution is -2.12. The fourth-order valence-electron chi connectivity index (χ4n) is 2.68. The van der Waals surface area contributed by atoms with Gasteiger partial charge in [-0.2, -0.15) is 0 Å². The number of fused-ring (bicyclic) bond motifs is 1. The second-order valence-electron chi connectivity index (χ2n) is 5.31. The molecule has 3 rings (SSSR count). The number of rotatable bonds is 5. The van der Waals surface area contributed by atoms with Crippen molar-refractivity contribution in [1.29, 1.82) is 0 Å². The van der Waals surface area contributed by atoms with E-state index in [-0.39, 0.29) is 6.04 Å². The Labute approximate surface area is 125 Å². The summed E-state index contributed by atoms with van der Waals surface area (Å²) in [7, 11) is 0. The van der Waals surface area contributed by atoms with Crippen molar-refractivity contribution < 1.29 is 0 Å². The van der Waals surface area contributed by atoms with E-state index < -0.39 is 0 Å². The molecule has 0 saturated heterocycles. The molecule has 3 nitrogen and oxygen atoms in total. The zero-order chi connectivity index (χ0) is 14.7. The van der Waals surface area contributed by atoms with Crippen LogP contribution in [0.4, 0.5) is 5.95 Å². The van der Waals surface area contributed by atoms with Gasteiger partial charge in [0.25, 0.3) is 0 Å². The highest BCUT2D eigenvalue weighted by Gasteiger charge is 2.16. The number of benzene rings is 2. The van der Waals surface area contributed by atoms with E-state index in [1.54, 1.807) is 0 Å². The molecule has 0 spiro atoms. The molecule has 0 radical (unpaired) electrons. The summed E-state index contributed by atoms with van der Waals surface area (Å²) in [4.78, 5) is 4.75. The summed E-state index contributed by atoms with van der Waals surface area (Å²) in [6.45, 7) is 5.33. The van der Waals surface area contributed by atoms with E-state index in [1.165, 1.54) is 11.1 Å². The van der Waals surface area contributed by atoms with E-state index in [0.717, 1.165) is 24.4 Å². The fourth-order valence-corrected chi connectivity index (χ4v) is 2.68. The molecule has 1 aromatic heterocycles. The van der Waals surface area contributed by atoms with E-state index >= 15 is 0 Å². The number of nitrogens with zero attached hydrogens (tertiary/aromatic N) is 2. The van der Waals surface area contributed by atoms with Crippen molar-refractivity contribution in [2.75, 3.05) is 11.9 Å². The summed E-state index contributed by atoms with van der Waals surface area (Å²) in [6.07, 6.45) is 1.09. The van der Waals surface area contributed by atoms with Gasteiger partial charge in [-0.15, -0.1) is 0 Å². The molecule has 0 amide bonds. The Kier molecular flexibility index (Phi) is 3.91. The number of imidazole rings is 1. The van der Waals surface area contributed by atoms with Gasteiger partial charge < -0.3 is 9.88 Å². The number of hydrogen-bond donors (Lipinski definition) is 1. The largest absolute Gasteiger partial charge is 0.356 e. The van der Waals surface area contributed by atoms with Gasteiger partial charge in [0.15, 0.2) is 0 Å². The summed E-state index contributed by atoms with van der Waals surface area (Å²) in [5, 5.41) is 3.45. The van der Waals surface area contributed by atoms with Crippen LogP contribution in [0.3, 0.4) is 0 Å². The lowest BCUT2D eigenvalue weighted by Gasteiger charge is -2.18. The van der Waals surface area contributed by atoms with Crippen LogP contribution in [-0.2, 0) is 0 Å². The molecule has 1 unspecified atom stereocenters. The lowest BCUT2D eigenvalue weighted by molar-refractivity contribution is 0.661. The fraction of sp³-hybridized carbons (Fsp3) is 0.278. The number of nitrogens with one attached hydrogen (secondary N) is 1. The van der Waals surface area contributed by atoms with Crippen LogP contribution < -0.4 is 5.32 Å². The minimum Gasteiger partial charge on any atom is -0.356 e. The van der Waals surface area contributed by atoms with Crippen LogP contribution in [-0.4, -0.2) is 16.1 Å². The summed E-state index contributed by atoms with van der Waals surface area (Å²) in [5.74, 6) is 0.953. The summed E-state index contributed by atoms with van der Waals surface area (Å²) < 4.78 is 2.29. The van der Waals surface area contributed by atoms with Crippen LogP contribution in [0.15, 0.2) is 54.6 Å². The van der Waals surface area contributed by atoms with Gasteiger partial charge in [0, 0.05) is 6.54 Å². The van der Waals surface area contributed by atoms with Crippen LogP contribution in [0, 0.1) is 0 Å². The van der Waals surface area contributed by atoms with Crippen molar-refractivity contribution in [2.24, 2.45) is 0 Å². The maximum Gasteiger partial charge on any atom is 0.204 e. The molecule has 0 aliphatic carbocycles. The van der Waals surface area contributed by atoms with Gasteiger partial charge in [-0.05, 0) is 31.0 Å². The Morgan fingerprint density at radius 2 is 1.76 bits per heavy atom. The quantitative estimate of drug-likeness (QED) is 0.747. The Balaban J connectivity index is 2.10. The summed E-state index contributed by atoms with van der Waals surface area (Å²) >= 11 is 0. The van der Waals surface area contributed by atoms with Gasteiger partial charge >= 0.3 is 0 Å². The molecule has 0 fully saturated rings. The van der Waals surface area contributed by atoms with Crippen molar-refractivity contribution in [3.8, 4) is 0 Å². The zero-order valence-corrected chi connectivity index (χ0v) is 12.6. The molecule has 0 bridgehead atoms. The first kappa shape index (κ1) is 13.7. The lowest BCUT2D eigenvalue weighted by atomic mass is 10.1. The SMILES string of the molecule is CCCNc1nc2ccccc2n1C(C)c1ccccc1. The maximum absolute atomic E-state index is 4.75. The second-order valence-corrected chi connectivity index (χ2v) is 5.31. The highest BCUT2D eigenvalue weighted by atomic mass is 15.2. The monoisotopic (exact) mass is 279 g/mol. The molecule has 21 heavy (non-hydrogen) atoms. The molecule has 1 atom stereocenters. The van der Waals surface area contributed by atoms with Gasteiger partial charge in [0.1, 0.15) is 0 Å². The average molecular weight is 279 g/mol. The summed E-state index contributed by atoms with van der Waals surface area (Å²) in [6, 6.07) is 19.1. The van der Waals surface area contributed by atoms with Crippen LogP contribution in [0.2, 0.25) is 0 Å². The molecule has 0 aliphatic rings. The minimum atomic E-state index is 0.248. The molecule has 1 N–H and O–H groups in total. The van der Waals surface area contributed by atoms with E-state index in [4.69, 9.17) is 4.98 Å². The van der Waals surface area contributed by atoms with Gasteiger partial charge in [0.05, 0.1) is 17.1 Å². The Hall–Kier alpha value is -2.29. The highest BCUT2D eigenvalue weighted by molar-refractivity contribution is 5.79. The number of hydrogen-bond acceptors (Lipinski definition) is 2. The van der Waals surface area contributed by atoms with Gasteiger partial charge in [-0.25, -0.2) is 4.98 Å². The molecule has 1 heterocycles. The Morgan fingerprint density at radius 1 is 1.05 bits per heavy atom. The van der Waals surface area contributed by atoms with Crippen LogP contribution >= 0.6 is 0 Å². The van der Waals surface area contributed by atoms with Crippen molar-refractivity contribution >= 4 is 17.0 Å². The molecule has 108 valence electrons. The predicted octanol–water partition coefficient (Wildman–Crippen LogP) is 4.47.